The SMILES string of the molecule is CCc1ccccc1-c1cccc(-c2cccc(N(c3ccc(C)cc3C)c3ccc4ccc5c(N(c6ccc(C)cc6C)c6cccc7c6oc6c(-c8ccccc8CC)cccc67)ccc6ccc3c4c65)c2O)c1. The van der Waals surface area contributed by atoms with E-state index in [0.29, 0.717) is 5.69 Å². The van der Waals surface area contributed by atoms with E-state index in [2.05, 4.69) is 258 Å². The van der Waals surface area contributed by atoms with Crippen LogP contribution in [-0.2, 0) is 12.8 Å². The predicted octanol–water partition coefficient (Wildman–Crippen LogP) is 20.5. The van der Waals surface area contributed by atoms with Gasteiger partial charge in [0.05, 0.1) is 22.7 Å². The number of anilines is 6. The smallest absolute Gasteiger partial charge is 0.159 e. The standard InChI is InChI=1S/C72H58N2O2/c1-7-48-17-9-11-21-54(48)52-19-13-20-53(43-52)56-23-15-27-66(70(56)75)73(62-37-29-44(3)41-46(62)5)64-39-33-50-32-36-61-65(40-34-51-31-35-60(64)68(50)69(51)61)74(63-38-30-45(4)42-47(63)6)67-28-16-26-59-58-25-14-24-57(71(58)76-72(59)67)55-22-12-10-18-49(55)8-2/h9-43,75H,7-8H2,1-6H3. The molecule has 0 aliphatic rings. The molecule has 0 spiro atoms. The molecule has 12 aromatic carbocycles. The zero-order valence-corrected chi connectivity index (χ0v) is 43.9. The molecule has 0 bridgehead atoms. The number of nitrogens with zero attached hydrogens (tertiary/aromatic N) is 2. The van der Waals surface area contributed by atoms with Gasteiger partial charge in [0, 0.05) is 44.0 Å². The number of furan rings is 1. The van der Waals surface area contributed by atoms with Crippen LogP contribution < -0.4 is 9.80 Å². The van der Waals surface area contributed by atoms with E-state index in [1.54, 1.807) is 0 Å². The largest absolute Gasteiger partial charge is 0.505 e. The van der Waals surface area contributed by atoms with Crippen molar-refractivity contribution in [2.45, 2.75) is 54.4 Å². The molecule has 13 aromatic rings. The maximum absolute atomic E-state index is 12.8. The van der Waals surface area contributed by atoms with Gasteiger partial charge in [0.1, 0.15) is 11.3 Å². The quantitative estimate of drug-likeness (QED) is 0.131. The highest BCUT2D eigenvalue weighted by molar-refractivity contribution is 6.28. The zero-order chi connectivity index (χ0) is 51.8. The molecule has 0 aliphatic heterocycles. The van der Waals surface area contributed by atoms with Crippen molar-refractivity contribution in [3.05, 3.63) is 246 Å². The van der Waals surface area contributed by atoms with Crippen LogP contribution >= 0.6 is 0 Å². The number of fused-ring (bicyclic) bond motifs is 3. The number of phenols is 1. The number of phenolic OH excluding ortho intramolecular Hbond substituents is 1. The Bertz CT molecular complexity index is 4410. The van der Waals surface area contributed by atoms with Crippen molar-refractivity contribution in [3.63, 3.8) is 0 Å². The summed E-state index contributed by atoms with van der Waals surface area (Å²) >= 11 is 0. The molecule has 0 saturated heterocycles. The van der Waals surface area contributed by atoms with Crippen LogP contribution in [0, 0.1) is 27.7 Å². The third-order valence-electron chi connectivity index (χ3n) is 15.9. The molecular weight excluding hydrogens is 925 g/mol. The van der Waals surface area contributed by atoms with Crippen molar-refractivity contribution in [3.8, 4) is 39.1 Å². The van der Waals surface area contributed by atoms with E-state index in [1.165, 1.54) is 49.7 Å². The first-order chi connectivity index (χ1) is 37.2. The van der Waals surface area contributed by atoms with Gasteiger partial charge in [0.15, 0.2) is 5.58 Å². The molecule has 4 heteroatoms. The Balaban J connectivity index is 1.03. The van der Waals surface area contributed by atoms with Gasteiger partial charge in [-0.05, 0) is 149 Å². The van der Waals surface area contributed by atoms with Crippen molar-refractivity contribution < 1.29 is 9.52 Å². The monoisotopic (exact) mass is 982 g/mol. The van der Waals surface area contributed by atoms with E-state index in [4.69, 9.17) is 4.42 Å². The Morgan fingerprint density at radius 3 is 1.43 bits per heavy atom. The number of hydrogen-bond donors (Lipinski definition) is 1. The average molecular weight is 983 g/mol. The van der Waals surface area contributed by atoms with E-state index >= 15 is 0 Å². The second-order valence-electron chi connectivity index (χ2n) is 20.6. The normalized spacial score (nSPS) is 11.7. The van der Waals surface area contributed by atoms with Gasteiger partial charge < -0.3 is 19.3 Å². The highest BCUT2D eigenvalue weighted by Crippen LogP contribution is 2.52. The summed E-state index contributed by atoms with van der Waals surface area (Å²) in [5.41, 5.74) is 21.2. The van der Waals surface area contributed by atoms with Crippen LogP contribution in [-0.4, -0.2) is 5.11 Å². The van der Waals surface area contributed by atoms with Gasteiger partial charge in [-0.15, -0.1) is 0 Å². The number of aromatic hydroxyl groups is 1. The lowest BCUT2D eigenvalue weighted by Crippen LogP contribution is -2.13. The number of aryl methyl sites for hydroxylation is 6. The average Bonchev–Trinajstić information content (AvgIpc) is 3.86. The number of para-hydroxylation sites is 3. The molecule has 76 heavy (non-hydrogen) atoms. The third kappa shape index (κ3) is 7.58. The first-order valence-corrected chi connectivity index (χ1v) is 26.7. The highest BCUT2D eigenvalue weighted by Gasteiger charge is 2.27. The summed E-state index contributed by atoms with van der Waals surface area (Å²) in [5.74, 6) is 0.224. The van der Waals surface area contributed by atoms with Crippen LogP contribution in [0.5, 0.6) is 5.75 Å². The number of rotatable bonds is 11. The summed E-state index contributed by atoms with van der Waals surface area (Å²) in [6.07, 6.45) is 1.87. The number of benzene rings is 12. The van der Waals surface area contributed by atoms with E-state index < -0.39 is 0 Å². The van der Waals surface area contributed by atoms with Crippen molar-refractivity contribution >= 4 is 88.4 Å². The summed E-state index contributed by atoms with van der Waals surface area (Å²) in [4.78, 5) is 4.70. The molecular formula is C72H58N2O2. The van der Waals surface area contributed by atoms with Crippen LogP contribution in [0.15, 0.2) is 217 Å². The summed E-state index contributed by atoms with van der Waals surface area (Å²) in [7, 11) is 0. The fraction of sp³-hybridized carbons (Fsp3) is 0.111. The van der Waals surface area contributed by atoms with E-state index in [0.717, 1.165) is 113 Å². The second-order valence-corrected chi connectivity index (χ2v) is 20.6. The van der Waals surface area contributed by atoms with Crippen LogP contribution in [0.25, 0.3) is 87.6 Å². The highest BCUT2D eigenvalue weighted by atomic mass is 16.3. The van der Waals surface area contributed by atoms with Crippen molar-refractivity contribution in [1.82, 2.24) is 0 Å². The van der Waals surface area contributed by atoms with Crippen LogP contribution in [0.3, 0.4) is 0 Å². The van der Waals surface area contributed by atoms with Crippen LogP contribution in [0.2, 0.25) is 0 Å². The minimum atomic E-state index is 0.224. The summed E-state index contributed by atoms with van der Waals surface area (Å²) in [6, 6.07) is 76.7. The topological polar surface area (TPSA) is 39.9 Å². The van der Waals surface area contributed by atoms with Gasteiger partial charge >= 0.3 is 0 Å². The predicted molar refractivity (Wildman–Crippen MR) is 322 cm³/mol. The molecule has 1 N–H and O–H groups in total. The van der Waals surface area contributed by atoms with Gasteiger partial charge in [-0.2, -0.15) is 0 Å². The minimum Gasteiger partial charge on any atom is -0.505 e. The number of hydrogen-bond acceptors (Lipinski definition) is 4. The summed E-state index contributed by atoms with van der Waals surface area (Å²) < 4.78 is 7.24. The summed E-state index contributed by atoms with van der Waals surface area (Å²) in [5, 5.41) is 21.9. The van der Waals surface area contributed by atoms with Crippen molar-refractivity contribution in [2.24, 2.45) is 0 Å². The molecule has 13 rings (SSSR count). The molecule has 0 saturated carbocycles. The van der Waals surface area contributed by atoms with Gasteiger partial charge in [-0.25, -0.2) is 0 Å². The minimum absolute atomic E-state index is 0.224. The molecule has 368 valence electrons. The third-order valence-corrected chi connectivity index (χ3v) is 15.9. The van der Waals surface area contributed by atoms with Crippen LogP contribution in [0.4, 0.5) is 34.1 Å². The first kappa shape index (κ1) is 46.7. The Morgan fingerprint density at radius 2 is 0.816 bits per heavy atom. The fourth-order valence-electron chi connectivity index (χ4n) is 12.2. The maximum atomic E-state index is 12.8. The molecule has 1 heterocycles. The van der Waals surface area contributed by atoms with E-state index in [-0.39, 0.29) is 5.75 Å². The lowest BCUT2D eigenvalue weighted by Gasteiger charge is -2.31. The maximum Gasteiger partial charge on any atom is 0.159 e. The lowest BCUT2D eigenvalue weighted by molar-refractivity contribution is 0.478. The molecule has 4 nitrogen and oxygen atoms in total. The molecule has 0 atom stereocenters. The van der Waals surface area contributed by atoms with Crippen molar-refractivity contribution in [1.29, 1.82) is 0 Å². The molecule has 0 unspecified atom stereocenters. The van der Waals surface area contributed by atoms with E-state index in [1.807, 2.05) is 6.07 Å². The van der Waals surface area contributed by atoms with Gasteiger partial charge in [-0.3, -0.25) is 0 Å². The molecule has 0 amide bonds. The lowest BCUT2D eigenvalue weighted by atomic mass is 9.91. The fourth-order valence-corrected chi connectivity index (χ4v) is 12.2. The van der Waals surface area contributed by atoms with Gasteiger partial charge in [0.2, 0.25) is 0 Å². The van der Waals surface area contributed by atoms with E-state index in [9.17, 15) is 5.11 Å². The second kappa shape index (κ2) is 18.7. The molecule has 0 aliphatic carbocycles. The van der Waals surface area contributed by atoms with Crippen LogP contribution in [0.1, 0.15) is 47.2 Å². The van der Waals surface area contributed by atoms with Gasteiger partial charge in [-0.1, -0.05) is 195 Å². The zero-order valence-electron chi connectivity index (χ0n) is 43.9. The van der Waals surface area contributed by atoms with Crippen molar-refractivity contribution in [2.75, 3.05) is 9.80 Å². The first-order valence-electron chi connectivity index (χ1n) is 26.7. The Hall–Kier alpha value is -9.12. The summed E-state index contributed by atoms with van der Waals surface area (Å²) in [6.45, 7) is 13.1. The Kier molecular flexibility index (Phi) is 11.5. The molecule has 0 radical (unpaired) electrons. The Morgan fingerprint density at radius 1 is 0.355 bits per heavy atom. The molecule has 0 fully saturated rings. The molecule has 1 aromatic heterocycles. The van der Waals surface area contributed by atoms with Gasteiger partial charge in [0.25, 0.3) is 0 Å². The Labute approximate surface area is 444 Å².